The van der Waals surface area contributed by atoms with Crippen LogP contribution in [0.3, 0.4) is 0 Å². The van der Waals surface area contributed by atoms with Gasteiger partial charge in [0.1, 0.15) is 12.1 Å². The van der Waals surface area contributed by atoms with Crippen molar-refractivity contribution >= 4 is 28.8 Å². The molecule has 2 unspecified atom stereocenters. The van der Waals surface area contributed by atoms with Gasteiger partial charge in [-0.2, -0.15) is 11.3 Å². The van der Waals surface area contributed by atoms with Gasteiger partial charge in [0.15, 0.2) is 0 Å². The van der Waals surface area contributed by atoms with Crippen LogP contribution in [0.4, 0.5) is 5.69 Å². The van der Waals surface area contributed by atoms with Crippen LogP contribution in [0.2, 0.25) is 0 Å². The van der Waals surface area contributed by atoms with E-state index >= 15 is 0 Å². The fourth-order valence-corrected chi connectivity index (χ4v) is 2.62. The fourth-order valence-electron chi connectivity index (χ4n) is 1.99. The lowest BCUT2D eigenvalue weighted by Crippen LogP contribution is -2.64. The quantitative estimate of drug-likeness (QED) is 0.869. The Hall–Kier alpha value is -1.36. The van der Waals surface area contributed by atoms with Crippen molar-refractivity contribution in [2.24, 2.45) is 5.92 Å². The lowest BCUT2D eigenvalue weighted by Gasteiger charge is -2.38. The van der Waals surface area contributed by atoms with E-state index in [1.807, 2.05) is 30.7 Å². The van der Waals surface area contributed by atoms with Crippen molar-refractivity contribution in [2.45, 2.75) is 32.9 Å². The molecule has 2 heterocycles. The maximum absolute atomic E-state index is 12.3. The van der Waals surface area contributed by atoms with Crippen LogP contribution in [0, 0.1) is 5.92 Å². The van der Waals surface area contributed by atoms with Gasteiger partial charge in [-0.15, -0.1) is 0 Å². The first-order valence-electron chi connectivity index (χ1n) is 5.68. The third kappa shape index (κ3) is 2.07. The summed E-state index contributed by atoms with van der Waals surface area (Å²) in [5.74, 6) is -0.0138. The Balaban J connectivity index is 2.34. The maximum atomic E-state index is 12.3. The van der Waals surface area contributed by atoms with Crippen molar-refractivity contribution in [3.05, 3.63) is 16.8 Å². The Bertz CT molecular complexity index is 428. The first kappa shape index (κ1) is 12.1. The SMILES string of the molecule is CC(C)C1NC(=O)C(C)N(c2ccsc2)C1=O. The highest BCUT2D eigenvalue weighted by Crippen LogP contribution is 2.25. The summed E-state index contributed by atoms with van der Waals surface area (Å²) < 4.78 is 0. The zero-order valence-electron chi connectivity index (χ0n) is 10.1. The molecule has 1 aliphatic rings. The summed E-state index contributed by atoms with van der Waals surface area (Å²) in [5.41, 5.74) is 0.813. The van der Waals surface area contributed by atoms with Gasteiger partial charge >= 0.3 is 0 Å². The second kappa shape index (κ2) is 4.49. The number of carbonyl (C=O) groups is 2. The molecule has 0 aromatic carbocycles. The lowest BCUT2D eigenvalue weighted by atomic mass is 9.98. The van der Waals surface area contributed by atoms with Gasteiger partial charge in [0.2, 0.25) is 5.91 Å². The van der Waals surface area contributed by atoms with E-state index < -0.39 is 12.1 Å². The van der Waals surface area contributed by atoms with E-state index in [0.717, 1.165) is 5.69 Å². The average Bonchev–Trinajstić information content (AvgIpc) is 2.76. The normalized spacial score (nSPS) is 25.3. The van der Waals surface area contributed by atoms with Crippen LogP contribution in [-0.4, -0.2) is 23.9 Å². The predicted molar refractivity (Wildman–Crippen MR) is 68.0 cm³/mol. The second-order valence-electron chi connectivity index (χ2n) is 4.60. The minimum atomic E-state index is -0.438. The molecule has 0 radical (unpaired) electrons. The van der Waals surface area contributed by atoms with Crippen molar-refractivity contribution in [3.8, 4) is 0 Å². The largest absolute Gasteiger partial charge is 0.342 e. The Morgan fingerprint density at radius 3 is 2.65 bits per heavy atom. The van der Waals surface area contributed by atoms with Gasteiger partial charge < -0.3 is 5.32 Å². The molecule has 92 valence electrons. The molecule has 1 aromatic heterocycles. The van der Waals surface area contributed by atoms with E-state index in [0.29, 0.717) is 0 Å². The molecule has 2 atom stereocenters. The number of rotatable bonds is 2. The summed E-state index contributed by atoms with van der Waals surface area (Å²) in [6.45, 7) is 5.62. The summed E-state index contributed by atoms with van der Waals surface area (Å²) in [5, 5.41) is 6.58. The highest BCUT2D eigenvalue weighted by atomic mass is 32.1. The van der Waals surface area contributed by atoms with E-state index in [2.05, 4.69) is 5.32 Å². The summed E-state index contributed by atoms with van der Waals surface area (Å²) in [6, 6.07) is 1.01. The lowest BCUT2D eigenvalue weighted by molar-refractivity contribution is -0.134. The number of anilines is 1. The molecule has 0 bridgehead atoms. The van der Waals surface area contributed by atoms with Crippen LogP contribution in [-0.2, 0) is 9.59 Å². The Kier molecular flexibility index (Phi) is 3.19. The molecule has 0 saturated carbocycles. The Morgan fingerprint density at radius 1 is 1.41 bits per heavy atom. The zero-order chi connectivity index (χ0) is 12.6. The topological polar surface area (TPSA) is 49.4 Å². The molecule has 1 saturated heterocycles. The number of hydrogen-bond acceptors (Lipinski definition) is 3. The van der Waals surface area contributed by atoms with Crippen LogP contribution in [0.25, 0.3) is 0 Å². The van der Waals surface area contributed by atoms with Gasteiger partial charge in [-0.05, 0) is 24.3 Å². The van der Waals surface area contributed by atoms with Crippen LogP contribution in [0.1, 0.15) is 20.8 Å². The summed E-state index contributed by atoms with van der Waals surface area (Å²) in [4.78, 5) is 25.8. The van der Waals surface area contributed by atoms with Gasteiger partial charge in [0.05, 0.1) is 5.69 Å². The number of piperazine rings is 1. The van der Waals surface area contributed by atoms with Gasteiger partial charge in [-0.25, -0.2) is 0 Å². The molecule has 2 amide bonds. The number of hydrogen-bond donors (Lipinski definition) is 1. The second-order valence-corrected chi connectivity index (χ2v) is 5.38. The average molecular weight is 252 g/mol. The van der Waals surface area contributed by atoms with Crippen molar-refractivity contribution in [2.75, 3.05) is 4.90 Å². The molecule has 1 N–H and O–H groups in total. The van der Waals surface area contributed by atoms with E-state index in [1.165, 1.54) is 11.3 Å². The standard InChI is InChI=1S/C12H16N2O2S/c1-7(2)10-12(16)14(8(3)11(15)13-10)9-4-5-17-6-9/h4-8,10H,1-3H3,(H,13,15). The fraction of sp³-hybridized carbons (Fsp3) is 0.500. The minimum Gasteiger partial charge on any atom is -0.342 e. The van der Waals surface area contributed by atoms with Crippen LogP contribution in [0.5, 0.6) is 0 Å². The van der Waals surface area contributed by atoms with E-state index in [1.54, 1.807) is 11.8 Å². The van der Waals surface area contributed by atoms with Crippen molar-refractivity contribution in [3.63, 3.8) is 0 Å². The molecule has 17 heavy (non-hydrogen) atoms. The number of carbonyl (C=O) groups excluding carboxylic acids is 2. The first-order chi connectivity index (χ1) is 8.02. The monoisotopic (exact) mass is 252 g/mol. The summed E-state index contributed by atoms with van der Waals surface area (Å²) in [7, 11) is 0. The number of amides is 2. The van der Waals surface area contributed by atoms with E-state index in [4.69, 9.17) is 0 Å². The van der Waals surface area contributed by atoms with E-state index in [9.17, 15) is 9.59 Å². The molecule has 4 nitrogen and oxygen atoms in total. The van der Waals surface area contributed by atoms with Crippen molar-refractivity contribution < 1.29 is 9.59 Å². The highest BCUT2D eigenvalue weighted by Gasteiger charge is 2.40. The first-order valence-corrected chi connectivity index (χ1v) is 6.62. The number of thiophene rings is 1. The summed E-state index contributed by atoms with van der Waals surface area (Å²) in [6.07, 6.45) is 0. The molecular weight excluding hydrogens is 236 g/mol. The smallest absolute Gasteiger partial charge is 0.250 e. The van der Waals surface area contributed by atoms with Crippen molar-refractivity contribution in [1.82, 2.24) is 5.32 Å². The van der Waals surface area contributed by atoms with Crippen LogP contribution in [0.15, 0.2) is 16.8 Å². The molecule has 1 aliphatic heterocycles. The van der Waals surface area contributed by atoms with Gasteiger partial charge in [-0.1, -0.05) is 13.8 Å². The third-order valence-corrected chi connectivity index (χ3v) is 3.69. The molecule has 1 fully saturated rings. The third-order valence-electron chi connectivity index (χ3n) is 3.02. The molecule has 0 spiro atoms. The van der Waals surface area contributed by atoms with E-state index in [-0.39, 0.29) is 17.7 Å². The minimum absolute atomic E-state index is 0.0227. The number of nitrogens with one attached hydrogen (secondary N) is 1. The Morgan fingerprint density at radius 2 is 2.12 bits per heavy atom. The zero-order valence-corrected chi connectivity index (χ0v) is 11.0. The van der Waals surface area contributed by atoms with Gasteiger partial charge in [0, 0.05) is 5.38 Å². The predicted octanol–water partition coefficient (Wildman–Crippen LogP) is 1.62. The van der Waals surface area contributed by atoms with Crippen LogP contribution < -0.4 is 10.2 Å². The molecule has 5 heteroatoms. The molecular formula is C12H16N2O2S. The van der Waals surface area contributed by atoms with Crippen molar-refractivity contribution in [1.29, 1.82) is 0 Å². The highest BCUT2D eigenvalue weighted by molar-refractivity contribution is 7.08. The molecule has 1 aromatic rings. The number of nitrogens with zero attached hydrogens (tertiary/aromatic N) is 1. The summed E-state index contributed by atoms with van der Waals surface area (Å²) >= 11 is 1.52. The maximum Gasteiger partial charge on any atom is 0.250 e. The van der Waals surface area contributed by atoms with Gasteiger partial charge in [0.25, 0.3) is 5.91 Å². The molecule has 0 aliphatic carbocycles. The Labute approximate surface area is 105 Å². The molecule has 2 rings (SSSR count). The van der Waals surface area contributed by atoms with Crippen LogP contribution >= 0.6 is 11.3 Å². The van der Waals surface area contributed by atoms with Gasteiger partial charge in [-0.3, -0.25) is 14.5 Å².